The van der Waals surface area contributed by atoms with E-state index in [-0.39, 0.29) is 0 Å². The Balaban J connectivity index is 0.000000127. The molecule has 0 saturated carbocycles. The summed E-state index contributed by atoms with van der Waals surface area (Å²) < 4.78 is 51.3. The fourth-order valence-corrected chi connectivity index (χ4v) is 15.2. The van der Waals surface area contributed by atoms with Crippen molar-refractivity contribution in [3.63, 3.8) is 0 Å². The van der Waals surface area contributed by atoms with E-state index in [1.165, 1.54) is 6.33 Å². The van der Waals surface area contributed by atoms with E-state index in [4.69, 9.17) is 53.1 Å². The third-order valence-corrected chi connectivity index (χ3v) is 21.4. The van der Waals surface area contributed by atoms with Crippen molar-refractivity contribution in [2.75, 3.05) is 91.8 Å². The van der Waals surface area contributed by atoms with Crippen LogP contribution in [0.5, 0.6) is 41.2 Å². The molecule has 20 rings (SSSR count). The minimum absolute atomic E-state index is 0.426. The van der Waals surface area contributed by atoms with E-state index in [1.54, 1.807) is 125 Å². The minimum Gasteiger partial charge on any atom is -0.478 e. The van der Waals surface area contributed by atoms with Crippen molar-refractivity contribution in [2.24, 2.45) is 49.3 Å². The third kappa shape index (κ3) is 19.2. The Kier molecular flexibility index (Phi) is 25.8. The van der Waals surface area contributed by atoms with Crippen molar-refractivity contribution in [1.29, 1.82) is 0 Å². The molecule has 48 heteroatoms. The number of fused-ring (bicyclic) bond motifs is 4. The monoisotopic (exact) mass is 1850 g/mol. The van der Waals surface area contributed by atoms with Crippen LogP contribution in [0, 0.1) is 34.6 Å². The van der Waals surface area contributed by atoms with Gasteiger partial charge in [0.05, 0.1) is 166 Å². The van der Waals surface area contributed by atoms with Crippen molar-refractivity contribution in [3.05, 3.63) is 170 Å². The van der Waals surface area contributed by atoms with E-state index in [2.05, 4.69) is 148 Å². The van der Waals surface area contributed by atoms with E-state index < -0.39 is 0 Å². The van der Waals surface area contributed by atoms with Gasteiger partial charge in [-0.3, -0.25) is 47.4 Å². The number of nitrogens with zero attached hydrogens (tertiary/aromatic N) is 29. The molecule has 20 aromatic rings. The second-order valence-electron chi connectivity index (χ2n) is 31.2. The van der Waals surface area contributed by atoms with Crippen LogP contribution < -0.4 is 75.7 Å². The molecule has 12 N–H and O–H groups in total. The van der Waals surface area contributed by atoms with Crippen LogP contribution in [0.25, 0.3) is 88.9 Å². The summed E-state index contributed by atoms with van der Waals surface area (Å²) in [4.78, 5) is 72.7. The summed E-state index contributed by atoms with van der Waals surface area (Å²) in [5.41, 5.74) is 23.6. The van der Waals surface area contributed by atoms with Gasteiger partial charge in [-0.25, -0.2) is 54.8 Å². The lowest BCUT2D eigenvalue weighted by atomic mass is 10.1. The van der Waals surface area contributed by atoms with Crippen molar-refractivity contribution in [3.8, 4) is 86.2 Å². The number of rotatable bonds is 29. The fourth-order valence-electron chi connectivity index (χ4n) is 15.2. The number of hydrogen-bond acceptors (Lipinski definition) is 36. The first-order valence-electron chi connectivity index (χ1n) is 42.7. The van der Waals surface area contributed by atoms with Gasteiger partial charge in [-0.1, -0.05) is 0 Å². The van der Waals surface area contributed by atoms with E-state index in [0.717, 1.165) is 158 Å². The molecule has 0 aliphatic rings. The molecule has 0 unspecified atom stereocenters. The number of nitrogens with one attached hydrogen (secondary N) is 12. The van der Waals surface area contributed by atoms with Crippen LogP contribution in [0.3, 0.4) is 0 Å². The molecule has 0 amide bonds. The fraction of sp³-hybridized carbons (Fsp3) is 0.247. The molecule has 0 aliphatic carbocycles. The lowest BCUT2D eigenvalue weighted by Crippen LogP contribution is -2.01. The summed E-state index contributed by atoms with van der Waals surface area (Å²) in [6.45, 7) is 15.0. The molecular weight excluding hydrogens is 1760 g/mol. The lowest BCUT2D eigenvalue weighted by Gasteiger charge is -2.09. The first kappa shape index (κ1) is 90.6. The van der Waals surface area contributed by atoms with Crippen molar-refractivity contribution in [2.45, 2.75) is 55.0 Å². The first-order chi connectivity index (χ1) is 66.3. The van der Waals surface area contributed by atoms with Gasteiger partial charge in [-0.2, -0.15) is 5.10 Å². The summed E-state index contributed by atoms with van der Waals surface area (Å²) in [5.74, 6) is 6.44. The molecule has 0 radical (unpaired) electrons. The van der Waals surface area contributed by atoms with Crippen LogP contribution in [0.4, 0.5) is 92.3 Å². The smallest absolute Gasteiger partial charge is 0.256 e. The normalized spacial score (nSPS) is 11.1. The van der Waals surface area contributed by atoms with Crippen LogP contribution in [-0.4, -0.2) is 212 Å². The van der Waals surface area contributed by atoms with Crippen molar-refractivity contribution >= 4 is 136 Å². The molecule has 0 atom stereocenters. The Labute approximate surface area is 781 Å². The molecule has 0 fully saturated rings. The van der Waals surface area contributed by atoms with Gasteiger partial charge in [-0.05, 0) is 82.9 Å². The zero-order valence-electron chi connectivity index (χ0n) is 78.5. The summed E-state index contributed by atoms with van der Waals surface area (Å²) in [6.07, 6.45) is 38.1. The molecular formula is C89H99N41O7. The summed E-state index contributed by atoms with van der Waals surface area (Å²) in [6, 6.07) is 3.85. The Bertz CT molecular complexity index is 7740. The molecule has 48 nitrogen and oxygen atoms in total. The van der Waals surface area contributed by atoms with Gasteiger partial charge in [0.15, 0.2) is 11.6 Å². The van der Waals surface area contributed by atoms with Gasteiger partial charge < -0.3 is 95.6 Å². The second kappa shape index (κ2) is 39.0. The minimum atomic E-state index is 0.426. The number of aryl methyl sites for hydroxylation is 13. The maximum absolute atomic E-state index is 5.65. The van der Waals surface area contributed by atoms with E-state index >= 15 is 0 Å². The highest BCUT2D eigenvalue weighted by Crippen LogP contribution is 2.42. The maximum Gasteiger partial charge on any atom is 0.256 e. The highest BCUT2D eigenvalue weighted by molar-refractivity contribution is 6.04. The van der Waals surface area contributed by atoms with E-state index in [1.807, 2.05) is 189 Å². The predicted octanol–water partition coefficient (Wildman–Crippen LogP) is 13.8. The maximum atomic E-state index is 5.65. The highest BCUT2D eigenvalue weighted by Gasteiger charge is 2.26. The zero-order chi connectivity index (χ0) is 96.0. The number of methoxy groups -OCH3 is 6. The predicted molar refractivity (Wildman–Crippen MR) is 517 cm³/mol. The van der Waals surface area contributed by atoms with Gasteiger partial charge in [0.25, 0.3) is 41.2 Å². The lowest BCUT2D eigenvalue weighted by molar-refractivity contribution is 0.324. The van der Waals surface area contributed by atoms with Gasteiger partial charge >= 0.3 is 0 Å². The summed E-state index contributed by atoms with van der Waals surface area (Å²) in [5, 5.41) is 62.5. The largest absolute Gasteiger partial charge is 0.478 e. The first-order valence-corrected chi connectivity index (χ1v) is 42.7. The number of ether oxygens (including phenoxy) is 7. The number of H-pyrrole nitrogens is 4. The quantitative estimate of drug-likeness (QED) is 0.0207. The highest BCUT2D eigenvalue weighted by atomic mass is 16.5. The standard InChI is InChI=1S/2C23H26N10O2.C22H24N10O2.C21H23N11O/c1-6-33-12-18(22(31-33)35-5)27-16-10-24-8-14-15(9-25-20(14)16)19-13(2)7-26-23(29-19)28-17-11-32(3)30-21(17)34-4;1-6-35-22-17(12-33(4)31-22)27-15-7-8-24-19-14(10-25-20(15)19)18-13(2)9-26-23(29-18)28-16-11-32(3)30-21(16)34-5;1-12-8-25-22(27-16-11-32(3)30-21(16)34-5)28-17(12)14-9-24-18-13(14)6-7-23-19(18)26-15-10-31(2)29-20(15)33-4;1-11-6-23-21(27-15-9-32(4)30-20(15)33-5)28-16(11)13-7-22-18-17(13)24-10-25-19(18)26-14-8-31(3)29-12(14)2/h7-12,25,27H,6H2,1-5H3,(H,26,28,29);7-12,25H,6H2,1-5H3,(H,24,27)(H,26,28,29);6-11,24H,1-5H3,(H,23,26)(H,25,27,28);6-10,22H,1-5H3,(H,23,27,28)(H,24,25,26). The van der Waals surface area contributed by atoms with Gasteiger partial charge in [0.1, 0.15) is 57.2 Å². The van der Waals surface area contributed by atoms with Crippen LogP contribution in [0.1, 0.15) is 41.8 Å². The van der Waals surface area contributed by atoms with Crippen LogP contribution in [0.15, 0.2) is 142 Å². The number of aromatic nitrogens is 33. The Morgan fingerprint density at radius 1 is 0.307 bits per heavy atom. The van der Waals surface area contributed by atoms with Gasteiger partial charge in [0.2, 0.25) is 23.8 Å². The Morgan fingerprint density at radius 2 is 0.672 bits per heavy atom. The average molecular weight is 1860 g/mol. The SMILES string of the molecule is CCOc1nn(C)cc1Nc1ccnc2c(-c3nc(Nc4cn(C)nc4OC)ncc3C)c[nH]c12.CCn1cc(Nc2cncc3c(-c4nc(Nc5cn(C)nc5OC)ncc4C)c[nH]c23)c(OC)n1.COc1nn(C)cc1Nc1ncc(C)c(-c2c[nH]c3c(Nc4cn(C)nc4C)ncnc23)n1.COc1nn(C)cc1Nc1ncc(C)c(-c2c[nH]c3c(Nc4cn(C)nc4OC)nccc23)n1. The molecule has 0 bridgehead atoms. The summed E-state index contributed by atoms with van der Waals surface area (Å²) >= 11 is 0. The van der Waals surface area contributed by atoms with E-state index in [9.17, 15) is 0 Å². The molecule has 20 aromatic heterocycles. The van der Waals surface area contributed by atoms with Crippen LogP contribution in [-0.2, 0) is 55.9 Å². The zero-order valence-corrected chi connectivity index (χ0v) is 78.5. The summed E-state index contributed by atoms with van der Waals surface area (Å²) in [7, 11) is 22.3. The second-order valence-corrected chi connectivity index (χ2v) is 31.2. The van der Waals surface area contributed by atoms with Crippen LogP contribution in [0.2, 0.25) is 0 Å². The molecule has 0 aromatic carbocycles. The van der Waals surface area contributed by atoms with E-state index in [0.29, 0.717) is 106 Å². The number of anilines is 16. The molecule has 20 heterocycles. The van der Waals surface area contributed by atoms with Gasteiger partial charge in [-0.15, -0.1) is 35.7 Å². The van der Waals surface area contributed by atoms with Crippen molar-refractivity contribution < 1.29 is 33.2 Å². The topological polar surface area (TPSA) is 534 Å². The van der Waals surface area contributed by atoms with Gasteiger partial charge in [0, 0.05) is 163 Å². The molecule has 702 valence electrons. The number of hydrogen-bond donors (Lipinski definition) is 12. The van der Waals surface area contributed by atoms with Crippen molar-refractivity contribution in [1.82, 2.24) is 163 Å². The average Bonchev–Trinajstić information content (AvgIpc) is 1.66. The Hall–Kier alpha value is -18.3. The molecule has 137 heavy (non-hydrogen) atoms. The molecule has 0 saturated heterocycles. The molecule has 0 spiro atoms. The Morgan fingerprint density at radius 3 is 1.13 bits per heavy atom. The number of pyridine rings is 3. The third-order valence-electron chi connectivity index (χ3n) is 21.4. The van der Waals surface area contributed by atoms with Crippen LogP contribution >= 0.6 is 0 Å². The molecule has 0 aliphatic heterocycles. The number of aromatic amines is 4.